The molecule has 2 fully saturated rings. The molecule has 18 heavy (non-hydrogen) atoms. The van der Waals surface area contributed by atoms with Crippen LogP contribution in [0.3, 0.4) is 0 Å². The van der Waals surface area contributed by atoms with Crippen LogP contribution in [0.1, 0.15) is 77.0 Å². The van der Waals surface area contributed by atoms with Crippen LogP contribution in [0, 0.1) is 0 Å². The summed E-state index contributed by atoms with van der Waals surface area (Å²) < 4.78 is 0. The van der Waals surface area contributed by atoms with Gasteiger partial charge < -0.3 is 10.4 Å². The molecule has 0 heterocycles. The molecule has 1 amide bonds. The van der Waals surface area contributed by atoms with Crippen molar-refractivity contribution in [3.05, 3.63) is 0 Å². The molecule has 0 unspecified atom stereocenters. The summed E-state index contributed by atoms with van der Waals surface area (Å²) in [6.45, 7) is 0. The minimum atomic E-state index is -0.715. The van der Waals surface area contributed by atoms with Gasteiger partial charge in [0.25, 0.3) is 0 Å². The van der Waals surface area contributed by atoms with Gasteiger partial charge in [-0.1, -0.05) is 44.9 Å². The highest BCUT2D eigenvalue weighted by Crippen LogP contribution is 2.30. The summed E-state index contributed by atoms with van der Waals surface area (Å²) in [4.78, 5) is 12.0. The van der Waals surface area contributed by atoms with E-state index in [0.717, 1.165) is 38.5 Å². The Hall–Kier alpha value is -0.570. The van der Waals surface area contributed by atoms with Gasteiger partial charge in [0, 0.05) is 6.04 Å². The molecule has 0 saturated heterocycles. The summed E-state index contributed by atoms with van der Waals surface area (Å²) in [6.07, 6.45) is 12.5. The van der Waals surface area contributed by atoms with Crippen LogP contribution in [0.25, 0.3) is 0 Å². The lowest BCUT2D eigenvalue weighted by atomic mass is 9.82. The third-order valence-electron chi connectivity index (χ3n) is 4.49. The Morgan fingerprint density at radius 3 is 2.17 bits per heavy atom. The first-order chi connectivity index (χ1) is 8.68. The van der Waals surface area contributed by atoms with Gasteiger partial charge >= 0.3 is 0 Å². The lowest BCUT2D eigenvalue weighted by Crippen LogP contribution is -2.41. The highest BCUT2D eigenvalue weighted by Gasteiger charge is 2.32. The minimum Gasteiger partial charge on any atom is -0.389 e. The second-order valence-corrected chi connectivity index (χ2v) is 6.22. The molecule has 3 nitrogen and oxygen atoms in total. The monoisotopic (exact) mass is 253 g/mol. The first-order valence-corrected chi connectivity index (χ1v) is 7.70. The molecule has 0 aromatic carbocycles. The minimum absolute atomic E-state index is 0.0614. The van der Waals surface area contributed by atoms with Crippen molar-refractivity contribution in [1.29, 1.82) is 0 Å². The standard InChI is InChI=1S/C15H27NO2/c17-14(12-15(18)10-6-3-7-11-15)16-13-8-4-1-2-5-9-13/h13,18H,1-12H2,(H,16,17). The second-order valence-electron chi connectivity index (χ2n) is 6.22. The van der Waals surface area contributed by atoms with E-state index in [1.54, 1.807) is 0 Å². The molecule has 0 atom stereocenters. The maximum absolute atomic E-state index is 12.0. The fraction of sp³-hybridized carbons (Fsp3) is 0.933. The summed E-state index contributed by atoms with van der Waals surface area (Å²) in [5.74, 6) is 0.0614. The SMILES string of the molecule is O=C(CC1(O)CCCCC1)NC1CCCCCC1. The van der Waals surface area contributed by atoms with Crippen molar-refractivity contribution in [3.63, 3.8) is 0 Å². The zero-order chi connectivity index (χ0) is 12.8. The van der Waals surface area contributed by atoms with E-state index in [-0.39, 0.29) is 5.91 Å². The van der Waals surface area contributed by atoms with E-state index in [2.05, 4.69) is 5.32 Å². The van der Waals surface area contributed by atoms with Crippen molar-refractivity contribution in [2.24, 2.45) is 0 Å². The quantitative estimate of drug-likeness (QED) is 0.760. The van der Waals surface area contributed by atoms with E-state index in [9.17, 15) is 9.90 Å². The Morgan fingerprint density at radius 2 is 1.56 bits per heavy atom. The van der Waals surface area contributed by atoms with Crippen LogP contribution in [0.2, 0.25) is 0 Å². The van der Waals surface area contributed by atoms with Gasteiger partial charge in [-0.2, -0.15) is 0 Å². The molecule has 0 radical (unpaired) electrons. The van der Waals surface area contributed by atoms with Crippen molar-refractivity contribution in [1.82, 2.24) is 5.32 Å². The van der Waals surface area contributed by atoms with Crippen LogP contribution in [-0.2, 0) is 4.79 Å². The Bertz CT molecular complexity index is 264. The summed E-state index contributed by atoms with van der Waals surface area (Å²) >= 11 is 0. The van der Waals surface area contributed by atoms with Crippen LogP contribution in [0.5, 0.6) is 0 Å². The van der Waals surface area contributed by atoms with E-state index in [1.807, 2.05) is 0 Å². The molecule has 2 aliphatic carbocycles. The number of hydrogen-bond donors (Lipinski definition) is 2. The number of nitrogens with one attached hydrogen (secondary N) is 1. The van der Waals surface area contributed by atoms with Gasteiger partial charge in [0.1, 0.15) is 0 Å². The third-order valence-corrected chi connectivity index (χ3v) is 4.49. The molecule has 0 aromatic heterocycles. The molecule has 104 valence electrons. The van der Waals surface area contributed by atoms with Gasteiger partial charge in [-0.05, 0) is 25.7 Å². The Morgan fingerprint density at radius 1 is 1.00 bits per heavy atom. The predicted octanol–water partition coefficient (Wildman–Crippen LogP) is 2.91. The average molecular weight is 253 g/mol. The zero-order valence-corrected chi connectivity index (χ0v) is 11.4. The van der Waals surface area contributed by atoms with Crippen molar-refractivity contribution >= 4 is 5.91 Å². The molecule has 2 saturated carbocycles. The number of amides is 1. The summed E-state index contributed by atoms with van der Waals surface area (Å²) in [5, 5.41) is 13.5. The van der Waals surface area contributed by atoms with Gasteiger partial charge in [-0.3, -0.25) is 4.79 Å². The highest BCUT2D eigenvalue weighted by molar-refractivity contribution is 5.77. The molecule has 0 spiro atoms. The number of carbonyl (C=O) groups is 1. The van der Waals surface area contributed by atoms with Crippen LogP contribution in [0.4, 0.5) is 0 Å². The van der Waals surface area contributed by atoms with Gasteiger partial charge in [0.05, 0.1) is 12.0 Å². The zero-order valence-electron chi connectivity index (χ0n) is 11.4. The van der Waals surface area contributed by atoms with Gasteiger partial charge in [-0.15, -0.1) is 0 Å². The number of aliphatic hydroxyl groups is 1. The lowest BCUT2D eigenvalue weighted by Gasteiger charge is -2.32. The molecular weight excluding hydrogens is 226 g/mol. The molecular formula is C15H27NO2. The Balaban J connectivity index is 1.76. The number of rotatable bonds is 3. The molecule has 0 aromatic rings. The number of carbonyl (C=O) groups excluding carboxylic acids is 1. The third kappa shape index (κ3) is 4.27. The van der Waals surface area contributed by atoms with E-state index in [1.165, 1.54) is 32.1 Å². The van der Waals surface area contributed by atoms with Crippen molar-refractivity contribution in [3.8, 4) is 0 Å². The maximum Gasteiger partial charge on any atom is 0.223 e. The van der Waals surface area contributed by atoms with Crippen LogP contribution in [-0.4, -0.2) is 22.7 Å². The van der Waals surface area contributed by atoms with Crippen molar-refractivity contribution in [2.45, 2.75) is 88.7 Å². The average Bonchev–Trinajstić information content (AvgIpc) is 2.57. The van der Waals surface area contributed by atoms with Gasteiger partial charge in [0.2, 0.25) is 5.91 Å². The largest absolute Gasteiger partial charge is 0.389 e. The van der Waals surface area contributed by atoms with Gasteiger partial charge in [-0.25, -0.2) is 0 Å². The topological polar surface area (TPSA) is 49.3 Å². The van der Waals surface area contributed by atoms with Gasteiger partial charge in [0.15, 0.2) is 0 Å². The fourth-order valence-electron chi connectivity index (χ4n) is 3.39. The molecule has 3 heteroatoms. The highest BCUT2D eigenvalue weighted by atomic mass is 16.3. The Labute approximate surface area is 110 Å². The fourth-order valence-corrected chi connectivity index (χ4v) is 3.39. The van der Waals surface area contributed by atoms with Crippen LogP contribution in [0.15, 0.2) is 0 Å². The summed E-state index contributed by atoms with van der Waals surface area (Å²) in [6, 6.07) is 0.354. The van der Waals surface area contributed by atoms with E-state index >= 15 is 0 Å². The molecule has 2 aliphatic rings. The van der Waals surface area contributed by atoms with E-state index in [4.69, 9.17) is 0 Å². The Kier molecular flexibility index (Phi) is 5.04. The molecule has 0 bridgehead atoms. The molecule has 0 aliphatic heterocycles. The molecule has 2 N–H and O–H groups in total. The second kappa shape index (κ2) is 6.55. The summed E-state index contributed by atoms with van der Waals surface area (Å²) in [5.41, 5.74) is -0.715. The first kappa shape index (κ1) is 13.9. The normalized spacial score (nSPS) is 25.4. The predicted molar refractivity (Wildman–Crippen MR) is 72.3 cm³/mol. The van der Waals surface area contributed by atoms with E-state index < -0.39 is 5.60 Å². The first-order valence-electron chi connectivity index (χ1n) is 7.70. The van der Waals surface area contributed by atoms with E-state index in [0.29, 0.717) is 12.5 Å². The van der Waals surface area contributed by atoms with Crippen LogP contribution < -0.4 is 5.32 Å². The lowest BCUT2D eigenvalue weighted by molar-refractivity contribution is -0.128. The number of hydrogen-bond acceptors (Lipinski definition) is 2. The maximum atomic E-state index is 12.0. The van der Waals surface area contributed by atoms with Crippen LogP contribution >= 0.6 is 0 Å². The smallest absolute Gasteiger partial charge is 0.223 e. The van der Waals surface area contributed by atoms with Crippen molar-refractivity contribution in [2.75, 3.05) is 0 Å². The molecule has 2 rings (SSSR count). The summed E-state index contributed by atoms with van der Waals surface area (Å²) in [7, 11) is 0. The van der Waals surface area contributed by atoms with Crippen molar-refractivity contribution < 1.29 is 9.90 Å².